The third-order valence-corrected chi connectivity index (χ3v) is 6.67. The number of aromatic nitrogens is 1. The molecule has 0 aliphatic rings. The highest BCUT2D eigenvalue weighted by Gasteiger charge is 2.43. The first-order valence-corrected chi connectivity index (χ1v) is 12.9. The minimum Gasteiger partial charge on any atom is -0.341 e. The summed E-state index contributed by atoms with van der Waals surface area (Å²) >= 11 is 0. The van der Waals surface area contributed by atoms with Gasteiger partial charge in [0, 0.05) is 24.5 Å². The second-order valence-corrected chi connectivity index (χ2v) is 9.44. The predicted molar refractivity (Wildman–Crippen MR) is 143 cm³/mol. The number of hydrogen-bond donors (Lipinski definition) is 0. The summed E-state index contributed by atoms with van der Waals surface area (Å²) in [5.74, 6) is 0.184. The van der Waals surface area contributed by atoms with E-state index in [-0.39, 0.29) is 11.3 Å². The van der Waals surface area contributed by atoms with Gasteiger partial charge in [-0.05, 0) is 55.9 Å². The molecule has 3 rings (SSSR count). The van der Waals surface area contributed by atoms with Gasteiger partial charge in [0.15, 0.2) is 5.43 Å². The first-order valence-electron chi connectivity index (χ1n) is 12.9. The smallest absolute Gasteiger partial charge is 0.248 e. The Morgan fingerprint density at radius 2 is 1.47 bits per heavy atom. The average molecular weight is 461 g/mol. The van der Waals surface area contributed by atoms with Crippen molar-refractivity contribution >= 4 is 16.8 Å². The maximum absolute atomic E-state index is 14.5. The van der Waals surface area contributed by atoms with E-state index in [1.165, 1.54) is 0 Å². The van der Waals surface area contributed by atoms with Crippen LogP contribution in [0.3, 0.4) is 0 Å². The fourth-order valence-corrected chi connectivity index (χ4v) is 5.35. The Kier molecular flexibility index (Phi) is 8.71. The Morgan fingerprint density at radius 3 is 2.03 bits per heavy atom. The van der Waals surface area contributed by atoms with Crippen molar-refractivity contribution in [2.45, 2.75) is 78.7 Å². The molecule has 0 fully saturated rings. The van der Waals surface area contributed by atoms with Crippen LogP contribution in [0.1, 0.15) is 71.8 Å². The zero-order valence-corrected chi connectivity index (χ0v) is 21.6. The Bertz CT molecular complexity index is 1150. The lowest BCUT2D eigenvalue weighted by Gasteiger charge is -2.41. The van der Waals surface area contributed by atoms with E-state index in [9.17, 15) is 9.59 Å². The third-order valence-electron chi connectivity index (χ3n) is 6.67. The van der Waals surface area contributed by atoms with Gasteiger partial charge < -0.3 is 9.47 Å². The molecule has 0 atom stereocenters. The quantitative estimate of drug-likeness (QED) is 0.312. The van der Waals surface area contributed by atoms with Gasteiger partial charge in [0.2, 0.25) is 5.91 Å². The van der Waals surface area contributed by atoms with Crippen LogP contribution in [0.2, 0.25) is 0 Å². The van der Waals surface area contributed by atoms with Crippen LogP contribution < -0.4 is 5.43 Å². The monoisotopic (exact) mass is 460 g/mol. The van der Waals surface area contributed by atoms with Crippen LogP contribution in [0.5, 0.6) is 0 Å². The molecule has 34 heavy (non-hydrogen) atoms. The molecule has 0 bridgehead atoms. The molecule has 0 aliphatic heterocycles. The maximum Gasteiger partial charge on any atom is 0.248 e. The molecule has 0 saturated carbocycles. The highest BCUT2D eigenvalue weighted by Crippen LogP contribution is 2.38. The topological polar surface area (TPSA) is 42.3 Å². The molecule has 182 valence electrons. The SMILES string of the molecule is CCCN(CCC)C(=O)C(CCC)(CCC)n1c(-c2ccccc2)cc(=O)c2ccc(C)cc21. The van der Waals surface area contributed by atoms with Crippen LogP contribution in [0, 0.1) is 6.92 Å². The van der Waals surface area contributed by atoms with Gasteiger partial charge in [-0.1, -0.05) is 76.9 Å². The average Bonchev–Trinajstić information content (AvgIpc) is 2.83. The summed E-state index contributed by atoms with van der Waals surface area (Å²) in [7, 11) is 0. The molecular weight excluding hydrogens is 420 g/mol. The van der Waals surface area contributed by atoms with Gasteiger partial charge in [0.1, 0.15) is 5.54 Å². The van der Waals surface area contributed by atoms with E-state index in [0.29, 0.717) is 5.39 Å². The zero-order chi connectivity index (χ0) is 24.7. The number of nitrogens with zero attached hydrogens (tertiary/aromatic N) is 2. The van der Waals surface area contributed by atoms with Crippen LogP contribution in [-0.4, -0.2) is 28.5 Å². The number of amides is 1. The summed E-state index contributed by atoms with van der Waals surface area (Å²) in [6.45, 7) is 12.1. The Hall–Kier alpha value is -2.88. The van der Waals surface area contributed by atoms with Crippen LogP contribution in [0.4, 0.5) is 0 Å². The van der Waals surface area contributed by atoms with Crippen molar-refractivity contribution in [1.82, 2.24) is 9.47 Å². The lowest BCUT2D eigenvalue weighted by Crippen LogP contribution is -2.52. The predicted octanol–water partition coefficient (Wildman–Crippen LogP) is 6.92. The van der Waals surface area contributed by atoms with E-state index in [0.717, 1.165) is 74.0 Å². The molecule has 1 aromatic heterocycles. The molecule has 2 aromatic carbocycles. The third kappa shape index (κ3) is 4.96. The zero-order valence-electron chi connectivity index (χ0n) is 21.6. The summed E-state index contributed by atoms with van der Waals surface area (Å²) in [5.41, 5.74) is 2.97. The van der Waals surface area contributed by atoms with E-state index >= 15 is 0 Å². The molecule has 0 saturated heterocycles. The fraction of sp³-hybridized carbons (Fsp3) is 0.467. The number of carbonyl (C=O) groups excluding carboxylic acids is 1. The molecular formula is C30H40N2O2. The summed E-state index contributed by atoms with van der Waals surface area (Å²) in [6, 6.07) is 17.8. The van der Waals surface area contributed by atoms with Crippen LogP contribution in [-0.2, 0) is 10.3 Å². The van der Waals surface area contributed by atoms with E-state index in [1.54, 1.807) is 6.07 Å². The van der Waals surface area contributed by atoms with Gasteiger partial charge in [0.05, 0.1) is 11.2 Å². The van der Waals surface area contributed by atoms with Gasteiger partial charge in [-0.2, -0.15) is 0 Å². The first kappa shape index (κ1) is 25.7. The number of aryl methyl sites for hydroxylation is 1. The number of hydrogen-bond acceptors (Lipinski definition) is 2. The lowest BCUT2D eigenvalue weighted by molar-refractivity contribution is -0.142. The summed E-state index contributed by atoms with van der Waals surface area (Å²) < 4.78 is 2.24. The van der Waals surface area contributed by atoms with Crippen LogP contribution >= 0.6 is 0 Å². The number of pyridine rings is 1. The highest BCUT2D eigenvalue weighted by atomic mass is 16.2. The Labute approximate surface area is 204 Å². The number of carbonyl (C=O) groups is 1. The molecule has 0 unspecified atom stereocenters. The van der Waals surface area contributed by atoms with Crippen LogP contribution in [0.15, 0.2) is 59.4 Å². The van der Waals surface area contributed by atoms with Gasteiger partial charge in [-0.3, -0.25) is 9.59 Å². The van der Waals surface area contributed by atoms with E-state index in [1.807, 2.05) is 49.4 Å². The second kappa shape index (κ2) is 11.5. The second-order valence-electron chi connectivity index (χ2n) is 9.44. The molecule has 0 N–H and O–H groups in total. The standard InChI is InChI=1S/C30H40N2O2/c1-6-17-30(18-7-2,29(34)31(19-8-3)20-9-4)32-26(24-13-11-10-12-14-24)22-28(33)25-16-15-23(5)21-27(25)32/h10-16,21-22H,6-9,17-20H2,1-5H3. The van der Waals surface area contributed by atoms with Gasteiger partial charge in [-0.15, -0.1) is 0 Å². The molecule has 1 heterocycles. The summed E-state index contributed by atoms with van der Waals surface area (Å²) in [4.78, 5) is 29.9. The van der Waals surface area contributed by atoms with Crippen molar-refractivity contribution < 1.29 is 4.79 Å². The van der Waals surface area contributed by atoms with E-state index < -0.39 is 5.54 Å². The molecule has 0 radical (unpaired) electrons. The van der Waals surface area contributed by atoms with Crippen molar-refractivity contribution in [2.75, 3.05) is 13.1 Å². The molecule has 0 spiro atoms. The highest BCUT2D eigenvalue weighted by molar-refractivity contribution is 5.91. The molecule has 3 aromatic rings. The van der Waals surface area contributed by atoms with Gasteiger partial charge in [0.25, 0.3) is 0 Å². The molecule has 4 nitrogen and oxygen atoms in total. The van der Waals surface area contributed by atoms with E-state index in [4.69, 9.17) is 0 Å². The van der Waals surface area contributed by atoms with Gasteiger partial charge in [-0.25, -0.2) is 0 Å². The van der Waals surface area contributed by atoms with E-state index in [2.05, 4.69) is 43.2 Å². The van der Waals surface area contributed by atoms with Crippen molar-refractivity contribution in [1.29, 1.82) is 0 Å². The largest absolute Gasteiger partial charge is 0.341 e. The van der Waals surface area contributed by atoms with Crippen molar-refractivity contribution in [2.24, 2.45) is 0 Å². The maximum atomic E-state index is 14.5. The normalized spacial score (nSPS) is 11.7. The van der Waals surface area contributed by atoms with Crippen molar-refractivity contribution in [3.63, 3.8) is 0 Å². The molecule has 1 amide bonds. The molecule has 4 heteroatoms. The summed E-state index contributed by atoms with van der Waals surface area (Å²) in [6.07, 6.45) is 5.08. The number of benzene rings is 2. The van der Waals surface area contributed by atoms with Crippen molar-refractivity contribution in [3.8, 4) is 11.3 Å². The number of rotatable bonds is 11. The van der Waals surface area contributed by atoms with Crippen LogP contribution in [0.25, 0.3) is 22.2 Å². The fourth-order valence-electron chi connectivity index (χ4n) is 5.35. The summed E-state index contributed by atoms with van der Waals surface area (Å²) in [5, 5.41) is 0.673. The number of fused-ring (bicyclic) bond motifs is 1. The Morgan fingerprint density at radius 1 is 0.853 bits per heavy atom. The minimum atomic E-state index is -0.751. The lowest BCUT2D eigenvalue weighted by atomic mass is 9.84. The molecule has 0 aliphatic carbocycles. The van der Waals surface area contributed by atoms with Crippen molar-refractivity contribution in [3.05, 3.63) is 70.4 Å². The minimum absolute atomic E-state index is 0.00146. The first-order chi connectivity index (χ1) is 16.4. The Balaban J connectivity index is 2.48. The van der Waals surface area contributed by atoms with Gasteiger partial charge >= 0.3 is 0 Å².